The van der Waals surface area contributed by atoms with Crippen molar-refractivity contribution in [1.82, 2.24) is 4.90 Å². The van der Waals surface area contributed by atoms with Gasteiger partial charge in [0, 0.05) is 6.54 Å². The van der Waals surface area contributed by atoms with Crippen LogP contribution in [0.2, 0.25) is 0 Å². The third kappa shape index (κ3) is 6.58. The summed E-state index contributed by atoms with van der Waals surface area (Å²) in [7, 11) is 0. The van der Waals surface area contributed by atoms with Gasteiger partial charge in [-0.15, -0.1) is 0 Å². The van der Waals surface area contributed by atoms with E-state index in [4.69, 9.17) is 14.2 Å². The molecule has 1 heterocycles. The van der Waals surface area contributed by atoms with Gasteiger partial charge in [0.25, 0.3) is 0 Å². The Bertz CT molecular complexity index is 757. The summed E-state index contributed by atoms with van der Waals surface area (Å²) >= 11 is 0. The van der Waals surface area contributed by atoms with Crippen LogP contribution >= 0.6 is 0 Å². The summed E-state index contributed by atoms with van der Waals surface area (Å²) in [6.45, 7) is 7.68. The number of rotatable bonds is 7. The van der Waals surface area contributed by atoms with Crippen molar-refractivity contribution in [3.05, 3.63) is 71.8 Å². The van der Waals surface area contributed by atoms with Crippen molar-refractivity contribution in [2.45, 2.75) is 58.2 Å². The van der Waals surface area contributed by atoms with E-state index in [-0.39, 0.29) is 18.2 Å². The van der Waals surface area contributed by atoms with Crippen LogP contribution in [0.4, 0.5) is 4.79 Å². The van der Waals surface area contributed by atoms with Crippen LogP contribution in [0.15, 0.2) is 60.7 Å². The average Bonchev–Trinajstić information content (AvgIpc) is 3.10. The predicted molar refractivity (Wildman–Crippen MR) is 112 cm³/mol. The molecule has 0 unspecified atom stereocenters. The zero-order chi connectivity index (χ0) is 20.7. The Morgan fingerprint density at radius 2 is 1.55 bits per heavy atom. The topological polar surface area (TPSA) is 48.0 Å². The molecule has 2 aromatic rings. The predicted octanol–water partition coefficient (Wildman–Crippen LogP) is 4.80. The molecule has 0 spiro atoms. The lowest BCUT2D eigenvalue weighted by Crippen LogP contribution is -2.45. The van der Waals surface area contributed by atoms with Gasteiger partial charge >= 0.3 is 6.09 Å². The number of likely N-dealkylation sites (tertiary alicyclic amines) is 1. The molecule has 1 aliphatic rings. The van der Waals surface area contributed by atoms with Gasteiger partial charge in [-0.05, 0) is 38.3 Å². The Kier molecular flexibility index (Phi) is 7.29. The fourth-order valence-corrected chi connectivity index (χ4v) is 3.41. The molecule has 0 bridgehead atoms. The van der Waals surface area contributed by atoms with Gasteiger partial charge in [-0.25, -0.2) is 4.79 Å². The number of benzene rings is 2. The summed E-state index contributed by atoms with van der Waals surface area (Å²) in [5.41, 5.74) is 1.69. The highest BCUT2D eigenvalue weighted by atomic mass is 16.6. The first-order valence-electron chi connectivity index (χ1n) is 10.2. The number of ether oxygens (including phenoxy) is 3. The lowest BCUT2D eigenvalue weighted by Gasteiger charge is -2.30. The maximum Gasteiger partial charge on any atom is 0.410 e. The fourth-order valence-electron chi connectivity index (χ4n) is 3.41. The Balaban J connectivity index is 1.63. The highest BCUT2D eigenvalue weighted by Gasteiger charge is 2.40. The summed E-state index contributed by atoms with van der Waals surface area (Å²) in [5.74, 6) is 0. The monoisotopic (exact) mass is 397 g/mol. The van der Waals surface area contributed by atoms with E-state index in [1.807, 2.05) is 81.4 Å². The first-order chi connectivity index (χ1) is 13.9. The van der Waals surface area contributed by atoms with E-state index >= 15 is 0 Å². The van der Waals surface area contributed by atoms with Crippen LogP contribution in [-0.2, 0) is 27.4 Å². The maximum absolute atomic E-state index is 12.7. The molecule has 2 atom stereocenters. The molecule has 2 aromatic carbocycles. The normalized spacial score (nSPS) is 19.3. The summed E-state index contributed by atoms with van der Waals surface area (Å²) in [6.07, 6.45) is 0.376. The third-order valence-corrected chi connectivity index (χ3v) is 4.82. The van der Waals surface area contributed by atoms with Crippen molar-refractivity contribution in [3.63, 3.8) is 0 Å². The number of carbonyl (C=O) groups is 1. The third-order valence-electron chi connectivity index (χ3n) is 4.82. The summed E-state index contributed by atoms with van der Waals surface area (Å²) < 4.78 is 17.8. The maximum atomic E-state index is 12.7. The minimum atomic E-state index is -0.532. The van der Waals surface area contributed by atoms with Gasteiger partial charge in [0.2, 0.25) is 0 Å². The van der Waals surface area contributed by atoms with Crippen molar-refractivity contribution in [2.24, 2.45) is 0 Å². The quantitative estimate of drug-likeness (QED) is 0.673. The van der Waals surface area contributed by atoms with Crippen molar-refractivity contribution >= 4 is 6.09 Å². The van der Waals surface area contributed by atoms with E-state index in [0.29, 0.717) is 26.4 Å². The molecule has 1 fully saturated rings. The van der Waals surface area contributed by atoms with Gasteiger partial charge in [-0.1, -0.05) is 60.7 Å². The Morgan fingerprint density at radius 3 is 2.14 bits per heavy atom. The van der Waals surface area contributed by atoms with Gasteiger partial charge in [0.05, 0.1) is 32.0 Å². The second kappa shape index (κ2) is 9.90. The number of carbonyl (C=O) groups excluding carboxylic acids is 1. The molecule has 0 aliphatic carbocycles. The van der Waals surface area contributed by atoms with Crippen LogP contribution in [0.3, 0.4) is 0 Å². The standard InChI is InChI=1S/C24H31NO4/c1-24(2,3)29-23(26)25-15-14-22(28-17-20-12-8-5-9-13-20)21(25)18-27-16-19-10-6-4-7-11-19/h4-13,21-22H,14-18H2,1-3H3/t21-,22-/m0/s1. The molecule has 156 valence electrons. The summed E-state index contributed by atoms with van der Waals surface area (Å²) in [4.78, 5) is 14.5. The molecule has 0 radical (unpaired) electrons. The van der Waals surface area contributed by atoms with E-state index in [2.05, 4.69) is 0 Å². The highest BCUT2D eigenvalue weighted by molar-refractivity contribution is 5.69. The van der Waals surface area contributed by atoms with Crippen LogP contribution in [0, 0.1) is 0 Å². The van der Waals surface area contributed by atoms with E-state index < -0.39 is 5.60 Å². The molecule has 5 nitrogen and oxygen atoms in total. The molecule has 29 heavy (non-hydrogen) atoms. The van der Waals surface area contributed by atoms with E-state index in [1.54, 1.807) is 4.90 Å². The van der Waals surface area contributed by atoms with Crippen LogP contribution in [0.1, 0.15) is 38.3 Å². The summed E-state index contributed by atoms with van der Waals surface area (Å²) in [6, 6.07) is 19.9. The van der Waals surface area contributed by atoms with Gasteiger partial charge in [-0.3, -0.25) is 0 Å². The van der Waals surface area contributed by atoms with Gasteiger partial charge in [-0.2, -0.15) is 0 Å². The second-order valence-electron chi connectivity index (χ2n) is 8.37. The minimum Gasteiger partial charge on any atom is -0.444 e. The molecule has 1 aliphatic heterocycles. The van der Waals surface area contributed by atoms with Gasteiger partial charge in [0.15, 0.2) is 0 Å². The van der Waals surface area contributed by atoms with Crippen LogP contribution < -0.4 is 0 Å². The summed E-state index contributed by atoms with van der Waals surface area (Å²) in [5, 5.41) is 0. The SMILES string of the molecule is CC(C)(C)OC(=O)N1CC[C@H](OCc2ccccc2)[C@@H]1COCc1ccccc1. The van der Waals surface area contributed by atoms with E-state index in [1.165, 1.54) is 0 Å². The molecular formula is C24H31NO4. The van der Waals surface area contributed by atoms with Crippen molar-refractivity contribution in [1.29, 1.82) is 0 Å². The number of nitrogens with zero attached hydrogens (tertiary/aromatic N) is 1. The van der Waals surface area contributed by atoms with Gasteiger partial charge in [0.1, 0.15) is 5.60 Å². The zero-order valence-electron chi connectivity index (χ0n) is 17.5. The number of amides is 1. The van der Waals surface area contributed by atoms with Crippen molar-refractivity contribution in [3.8, 4) is 0 Å². The smallest absolute Gasteiger partial charge is 0.410 e. The van der Waals surface area contributed by atoms with Crippen LogP contribution in [0.25, 0.3) is 0 Å². The number of hydrogen-bond donors (Lipinski definition) is 0. The molecule has 0 N–H and O–H groups in total. The first kappa shape index (κ1) is 21.3. The lowest BCUT2D eigenvalue weighted by molar-refractivity contribution is -0.0321. The van der Waals surface area contributed by atoms with Crippen molar-refractivity contribution in [2.75, 3.05) is 13.2 Å². The molecule has 3 rings (SSSR count). The fraction of sp³-hybridized carbons (Fsp3) is 0.458. The zero-order valence-corrected chi connectivity index (χ0v) is 17.5. The molecule has 5 heteroatoms. The van der Waals surface area contributed by atoms with Crippen molar-refractivity contribution < 1.29 is 19.0 Å². The molecule has 1 amide bonds. The lowest BCUT2D eigenvalue weighted by atomic mass is 10.1. The second-order valence-corrected chi connectivity index (χ2v) is 8.37. The largest absolute Gasteiger partial charge is 0.444 e. The Morgan fingerprint density at radius 1 is 0.966 bits per heavy atom. The molecular weight excluding hydrogens is 366 g/mol. The minimum absolute atomic E-state index is 0.0847. The Hall–Kier alpha value is -2.37. The van der Waals surface area contributed by atoms with E-state index in [0.717, 1.165) is 17.5 Å². The van der Waals surface area contributed by atoms with Gasteiger partial charge < -0.3 is 19.1 Å². The Labute approximate surface area is 173 Å². The molecule has 0 aromatic heterocycles. The average molecular weight is 398 g/mol. The highest BCUT2D eigenvalue weighted by Crippen LogP contribution is 2.25. The van der Waals surface area contributed by atoms with Crippen LogP contribution in [0.5, 0.6) is 0 Å². The van der Waals surface area contributed by atoms with Crippen LogP contribution in [-0.4, -0.2) is 41.9 Å². The molecule has 0 saturated carbocycles. The molecule has 1 saturated heterocycles. The number of hydrogen-bond acceptors (Lipinski definition) is 4. The van der Waals surface area contributed by atoms with E-state index in [9.17, 15) is 4.79 Å². The first-order valence-corrected chi connectivity index (χ1v) is 10.2.